The smallest absolute Gasteiger partial charge is 0.412 e. The molecular formula is C18H23NO5. The molecule has 1 fully saturated rings. The largest absolute Gasteiger partial charge is 0.451 e. The quantitative estimate of drug-likeness (QED) is 0.853. The summed E-state index contributed by atoms with van der Waals surface area (Å²) >= 11 is 0. The first kappa shape index (κ1) is 18.0. The van der Waals surface area contributed by atoms with Crippen LogP contribution in [0.1, 0.15) is 56.8 Å². The molecule has 1 saturated carbocycles. The molecule has 0 aliphatic heterocycles. The molecule has 2 rings (SSSR count). The van der Waals surface area contributed by atoms with Crippen LogP contribution in [0.2, 0.25) is 0 Å². The van der Waals surface area contributed by atoms with Crippen LogP contribution in [0.5, 0.6) is 0 Å². The van der Waals surface area contributed by atoms with E-state index in [4.69, 9.17) is 9.47 Å². The molecule has 6 heteroatoms. The van der Waals surface area contributed by atoms with Gasteiger partial charge >= 0.3 is 12.1 Å². The minimum atomic E-state index is -0.659. The Kier molecular flexibility index (Phi) is 5.59. The summed E-state index contributed by atoms with van der Waals surface area (Å²) in [7, 11) is 0. The second-order valence-electron chi connectivity index (χ2n) is 6.81. The van der Waals surface area contributed by atoms with Gasteiger partial charge in [-0.25, -0.2) is 9.59 Å². The molecule has 130 valence electrons. The highest BCUT2D eigenvalue weighted by molar-refractivity contribution is 5.95. The van der Waals surface area contributed by atoms with Crippen molar-refractivity contribution in [1.29, 1.82) is 0 Å². The van der Waals surface area contributed by atoms with E-state index in [1.807, 2.05) is 0 Å². The first-order chi connectivity index (χ1) is 11.2. The molecule has 6 nitrogen and oxygen atoms in total. The van der Waals surface area contributed by atoms with Crippen molar-refractivity contribution in [2.45, 2.75) is 58.2 Å². The van der Waals surface area contributed by atoms with Crippen LogP contribution < -0.4 is 5.32 Å². The molecule has 1 aliphatic rings. The van der Waals surface area contributed by atoms with Crippen LogP contribution in [-0.2, 0) is 14.3 Å². The van der Waals surface area contributed by atoms with E-state index in [0.29, 0.717) is 18.5 Å². The van der Waals surface area contributed by atoms with Gasteiger partial charge < -0.3 is 9.47 Å². The zero-order valence-electron chi connectivity index (χ0n) is 14.3. The number of Topliss-reactive ketones (excluding diaryl/α,β-unsaturated/α-hetero) is 1. The lowest BCUT2D eigenvalue weighted by atomic mass is 9.96. The Morgan fingerprint density at radius 1 is 1.21 bits per heavy atom. The van der Waals surface area contributed by atoms with Crippen LogP contribution in [0, 0.1) is 0 Å². The van der Waals surface area contributed by atoms with E-state index in [1.54, 1.807) is 39.0 Å². The molecule has 24 heavy (non-hydrogen) atoms. The third-order valence-electron chi connectivity index (χ3n) is 3.49. The van der Waals surface area contributed by atoms with Gasteiger partial charge in [0.15, 0.2) is 11.9 Å². The topological polar surface area (TPSA) is 81.7 Å². The number of carbonyl (C=O) groups is 3. The van der Waals surface area contributed by atoms with Gasteiger partial charge in [0.05, 0.1) is 5.56 Å². The Morgan fingerprint density at radius 3 is 2.62 bits per heavy atom. The molecule has 0 unspecified atom stereocenters. The average molecular weight is 333 g/mol. The molecule has 0 saturated heterocycles. The fourth-order valence-corrected chi connectivity index (χ4v) is 2.42. The van der Waals surface area contributed by atoms with Crippen molar-refractivity contribution in [3.8, 4) is 0 Å². The van der Waals surface area contributed by atoms with Crippen LogP contribution in [0.25, 0.3) is 0 Å². The summed E-state index contributed by atoms with van der Waals surface area (Å²) in [5.74, 6) is -0.597. The molecule has 1 atom stereocenters. The summed E-state index contributed by atoms with van der Waals surface area (Å²) in [6, 6.07) is 6.36. The fourth-order valence-electron chi connectivity index (χ4n) is 2.42. The van der Waals surface area contributed by atoms with Crippen LogP contribution in [0.3, 0.4) is 0 Å². The highest BCUT2D eigenvalue weighted by Gasteiger charge is 2.26. The first-order valence-corrected chi connectivity index (χ1v) is 8.08. The van der Waals surface area contributed by atoms with E-state index in [9.17, 15) is 14.4 Å². The molecule has 1 aliphatic carbocycles. The van der Waals surface area contributed by atoms with Gasteiger partial charge in [-0.1, -0.05) is 6.07 Å². The van der Waals surface area contributed by atoms with E-state index >= 15 is 0 Å². The number of ether oxygens (including phenoxy) is 2. The number of anilines is 1. The second-order valence-corrected chi connectivity index (χ2v) is 6.81. The maximum Gasteiger partial charge on any atom is 0.412 e. The molecule has 0 heterocycles. The zero-order chi connectivity index (χ0) is 17.7. The third-order valence-corrected chi connectivity index (χ3v) is 3.49. The molecule has 1 N–H and O–H groups in total. The Bertz CT molecular complexity index is 633. The number of nitrogens with one attached hydrogen (secondary N) is 1. The Labute approximate surface area is 141 Å². The van der Waals surface area contributed by atoms with Gasteiger partial charge in [-0.15, -0.1) is 0 Å². The number of carbonyl (C=O) groups excluding carboxylic acids is 3. The number of esters is 1. The maximum atomic E-state index is 12.2. The lowest BCUT2D eigenvalue weighted by Crippen LogP contribution is -2.30. The zero-order valence-corrected chi connectivity index (χ0v) is 14.3. The highest BCUT2D eigenvalue weighted by atomic mass is 16.6. The Balaban J connectivity index is 2.00. The lowest BCUT2D eigenvalue weighted by Gasteiger charge is -2.21. The van der Waals surface area contributed by atoms with Crippen molar-refractivity contribution in [2.24, 2.45) is 0 Å². The first-order valence-electron chi connectivity index (χ1n) is 8.08. The van der Waals surface area contributed by atoms with Gasteiger partial charge in [0.2, 0.25) is 0 Å². The summed E-state index contributed by atoms with van der Waals surface area (Å²) in [5, 5.41) is 2.57. The Hall–Kier alpha value is -2.37. The highest BCUT2D eigenvalue weighted by Crippen LogP contribution is 2.20. The summed E-state index contributed by atoms with van der Waals surface area (Å²) in [5.41, 5.74) is 0.0951. The SMILES string of the molecule is CC(C)(C)OC(=O)Nc1cccc(C(=O)O[C@@H]2CCCCC2=O)c1. The van der Waals surface area contributed by atoms with E-state index in [1.165, 1.54) is 6.07 Å². The summed E-state index contributed by atoms with van der Waals surface area (Å²) in [6.07, 6.45) is 1.49. The standard InChI is InChI=1S/C18H23NO5/c1-18(2,3)24-17(22)19-13-8-6-7-12(11-13)16(21)23-15-10-5-4-9-14(15)20/h6-8,11,15H,4-5,9-10H2,1-3H3,(H,19,22)/t15-/m1/s1. The van der Waals surface area contributed by atoms with Crippen molar-refractivity contribution in [3.63, 3.8) is 0 Å². The maximum absolute atomic E-state index is 12.2. The van der Waals surface area contributed by atoms with Crippen LogP contribution >= 0.6 is 0 Å². The van der Waals surface area contributed by atoms with Crippen LogP contribution in [-0.4, -0.2) is 29.6 Å². The molecule has 1 aromatic carbocycles. The van der Waals surface area contributed by atoms with E-state index in [0.717, 1.165) is 12.8 Å². The normalized spacial score (nSPS) is 18.0. The number of amides is 1. The summed E-state index contributed by atoms with van der Waals surface area (Å²) in [6.45, 7) is 5.30. The molecule has 1 aromatic rings. The lowest BCUT2D eigenvalue weighted by molar-refractivity contribution is -0.129. The summed E-state index contributed by atoms with van der Waals surface area (Å²) in [4.78, 5) is 35.7. The van der Waals surface area contributed by atoms with Crippen molar-refractivity contribution < 1.29 is 23.9 Å². The van der Waals surface area contributed by atoms with Gasteiger partial charge in [0.1, 0.15) is 5.60 Å². The van der Waals surface area contributed by atoms with E-state index in [-0.39, 0.29) is 11.3 Å². The summed E-state index contributed by atoms with van der Waals surface area (Å²) < 4.78 is 10.5. The molecule has 0 bridgehead atoms. The van der Waals surface area contributed by atoms with Crippen LogP contribution in [0.15, 0.2) is 24.3 Å². The van der Waals surface area contributed by atoms with Gasteiger partial charge in [-0.3, -0.25) is 10.1 Å². The number of ketones is 1. The minimum Gasteiger partial charge on any atom is -0.451 e. The number of hydrogen-bond acceptors (Lipinski definition) is 5. The average Bonchev–Trinajstić information content (AvgIpc) is 2.48. The molecule has 1 amide bonds. The number of rotatable bonds is 3. The van der Waals surface area contributed by atoms with Crippen LogP contribution in [0.4, 0.5) is 10.5 Å². The van der Waals surface area contributed by atoms with Gasteiger partial charge in [0.25, 0.3) is 0 Å². The fraction of sp³-hybridized carbons (Fsp3) is 0.500. The number of hydrogen-bond donors (Lipinski definition) is 1. The molecular weight excluding hydrogens is 310 g/mol. The second kappa shape index (κ2) is 7.47. The monoisotopic (exact) mass is 333 g/mol. The van der Waals surface area contributed by atoms with Gasteiger partial charge in [0, 0.05) is 12.1 Å². The van der Waals surface area contributed by atoms with Gasteiger partial charge in [-0.05, 0) is 58.2 Å². The van der Waals surface area contributed by atoms with Crippen molar-refractivity contribution in [2.75, 3.05) is 5.32 Å². The van der Waals surface area contributed by atoms with E-state index < -0.39 is 23.8 Å². The van der Waals surface area contributed by atoms with Gasteiger partial charge in [-0.2, -0.15) is 0 Å². The predicted octanol–water partition coefficient (Wildman–Crippen LogP) is 3.70. The molecule has 0 aromatic heterocycles. The minimum absolute atomic E-state index is 0.0300. The predicted molar refractivity (Wildman–Crippen MR) is 89.0 cm³/mol. The third kappa shape index (κ3) is 5.37. The van der Waals surface area contributed by atoms with Crippen molar-refractivity contribution in [1.82, 2.24) is 0 Å². The molecule has 0 radical (unpaired) electrons. The number of benzene rings is 1. The molecule has 0 spiro atoms. The van der Waals surface area contributed by atoms with Crippen molar-refractivity contribution in [3.05, 3.63) is 29.8 Å². The van der Waals surface area contributed by atoms with Crippen molar-refractivity contribution >= 4 is 23.5 Å². The Morgan fingerprint density at radius 2 is 1.96 bits per heavy atom. The van der Waals surface area contributed by atoms with E-state index in [2.05, 4.69) is 5.32 Å².